The van der Waals surface area contributed by atoms with Crippen LogP contribution in [0.15, 0.2) is 59.5 Å². The van der Waals surface area contributed by atoms with E-state index in [0.717, 1.165) is 26.5 Å². The lowest BCUT2D eigenvalue weighted by Gasteiger charge is -2.12. The third kappa shape index (κ3) is 2.71. The van der Waals surface area contributed by atoms with Crippen LogP contribution in [-0.4, -0.2) is 15.1 Å². The third-order valence-corrected chi connectivity index (χ3v) is 3.70. The van der Waals surface area contributed by atoms with Crippen LogP contribution in [0.3, 0.4) is 0 Å². The Balaban J connectivity index is 1.93. The molecule has 0 aliphatic carbocycles. The number of rotatable bonds is 3. The second-order valence-corrected chi connectivity index (χ2v) is 5.56. The number of hydrogen-bond acceptors (Lipinski definition) is 3. The molecule has 0 radical (unpaired) electrons. The first-order valence-corrected chi connectivity index (χ1v) is 7.14. The molecular formula is C16H13BrN2O. The fourth-order valence-electron chi connectivity index (χ4n) is 2.27. The fraction of sp³-hybridized carbons (Fsp3) is 0.125. The number of aliphatic hydroxyl groups excluding tert-OH is 1. The average Bonchev–Trinajstić information content (AvgIpc) is 2.47. The molecule has 0 saturated carbocycles. The Morgan fingerprint density at radius 2 is 2.00 bits per heavy atom. The van der Waals surface area contributed by atoms with Gasteiger partial charge in [-0.3, -0.25) is 9.97 Å². The van der Waals surface area contributed by atoms with Gasteiger partial charge in [0, 0.05) is 40.4 Å². The number of aliphatic hydroxyl groups is 1. The molecule has 0 aliphatic rings. The van der Waals surface area contributed by atoms with Gasteiger partial charge in [-0.05, 0) is 39.7 Å². The van der Waals surface area contributed by atoms with Crippen molar-refractivity contribution in [1.82, 2.24) is 9.97 Å². The Hall–Kier alpha value is -1.78. The van der Waals surface area contributed by atoms with Gasteiger partial charge in [-0.25, -0.2) is 0 Å². The Bertz CT molecular complexity index is 740. The Kier molecular flexibility index (Phi) is 3.76. The van der Waals surface area contributed by atoms with Crippen LogP contribution in [0.25, 0.3) is 10.9 Å². The van der Waals surface area contributed by atoms with Gasteiger partial charge in [0.25, 0.3) is 0 Å². The van der Waals surface area contributed by atoms with Crippen molar-refractivity contribution in [3.63, 3.8) is 0 Å². The number of nitrogens with zero attached hydrogens (tertiary/aromatic N) is 2. The van der Waals surface area contributed by atoms with Gasteiger partial charge >= 0.3 is 0 Å². The summed E-state index contributed by atoms with van der Waals surface area (Å²) in [6.45, 7) is 0. The minimum absolute atomic E-state index is 0.543. The Labute approximate surface area is 125 Å². The zero-order chi connectivity index (χ0) is 13.9. The topological polar surface area (TPSA) is 46.0 Å². The zero-order valence-corrected chi connectivity index (χ0v) is 12.3. The van der Waals surface area contributed by atoms with Crippen LogP contribution in [0.2, 0.25) is 0 Å². The van der Waals surface area contributed by atoms with Gasteiger partial charge < -0.3 is 5.11 Å². The molecule has 0 aliphatic heterocycles. The molecule has 3 nitrogen and oxygen atoms in total. The fourth-order valence-corrected chi connectivity index (χ4v) is 2.65. The van der Waals surface area contributed by atoms with Crippen molar-refractivity contribution >= 4 is 26.8 Å². The highest BCUT2D eigenvalue weighted by atomic mass is 79.9. The summed E-state index contributed by atoms with van der Waals surface area (Å²) >= 11 is 3.37. The van der Waals surface area contributed by atoms with E-state index >= 15 is 0 Å². The van der Waals surface area contributed by atoms with Crippen molar-refractivity contribution < 1.29 is 5.11 Å². The van der Waals surface area contributed by atoms with E-state index in [1.54, 1.807) is 18.6 Å². The van der Waals surface area contributed by atoms with E-state index < -0.39 is 6.10 Å². The first kappa shape index (κ1) is 13.2. The van der Waals surface area contributed by atoms with Gasteiger partial charge in [-0.2, -0.15) is 0 Å². The molecule has 0 saturated heterocycles. The van der Waals surface area contributed by atoms with Crippen LogP contribution in [0, 0.1) is 0 Å². The van der Waals surface area contributed by atoms with Crippen molar-refractivity contribution in [3.05, 3.63) is 70.6 Å². The summed E-state index contributed by atoms with van der Waals surface area (Å²) in [6, 6.07) is 11.8. The molecule has 2 aromatic heterocycles. The maximum Gasteiger partial charge on any atom is 0.0845 e. The Morgan fingerprint density at radius 3 is 2.85 bits per heavy atom. The van der Waals surface area contributed by atoms with Gasteiger partial charge in [0.2, 0.25) is 0 Å². The molecule has 3 aromatic rings. The van der Waals surface area contributed by atoms with Crippen LogP contribution >= 0.6 is 15.9 Å². The molecule has 0 fully saturated rings. The second kappa shape index (κ2) is 5.69. The quantitative estimate of drug-likeness (QED) is 0.797. The standard InChI is InChI=1S/C16H13BrN2O/c17-13-7-12(9-18-10-13)16(20)8-11-5-6-19-15-4-2-1-3-14(11)15/h1-7,9-10,16,20H,8H2. The van der Waals surface area contributed by atoms with Crippen LogP contribution in [0.4, 0.5) is 0 Å². The van der Waals surface area contributed by atoms with Crippen molar-refractivity contribution in [2.24, 2.45) is 0 Å². The molecule has 0 spiro atoms. The molecule has 0 amide bonds. The lowest BCUT2D eigenvalue weighted by atomic mass is 10.00. The van der Waals surface area contributed by atoms with E-state index in [4.69, 9.17) is 0 Å². The number of benzene rings is 1. The van der Waals surface area contributed by atoms with Crippen molar-refractivity contribution in [2.75, 3.05) is 0 Å². The van der Waals surface area contributed by atoms with Crippen molar-refractivity contribution in [1.29, 1.82) is 0 Å². The molecule has 0 bridgehead atoms. The van der Waals surface area contributed by atoms with Crippen molar-refractivity contribution in [3.8, 4) is 0 Å². The van der Waals surface area contributed by atoms with E-state index in [2.05, 4.69) is 25.9 Å². The molecule has 1 aromatic carbocycles. The number of hydrogen-bond donors (Lipinski definition) is 1. The van der Waals surface area contributed by atoms with Crippen molar-refractivity contribution in [2.45, 2.75) is 12.5 Å². The molecule has 1 unspecified atom stereocenters. The van der Waals surface area contributed by atoms with Crippen LogP contribution in [0.1, 0.15) is 17.2 Å². The summed E-state index contributed by atoms with van der Waals surface area (Å²) in [5.41, 5.74) is 2.84. The third-order valence-electron chi connectivity index (χ3n) is 3.26. The highest BCUT2D eigenvalue weighted by Gasteiger charge is 2.11. The monoisotopic (exact) mass is 328 g/mol. The van der Waals surface area contributed by atoms with Gasteiger partial charge in [0.15, 0.2) is 0 Å². The molecular weight excluding hydrogens is 316 g/mol. The normalized spacial score (nSPS) is 12.5. The van der Waals surface area contributed by atoms with Gasteiger partial charge in [-0.1, -0.05) is 18.2 Å². The van der Waals surface area contributed by atoms with Crippen LogP contribution in [-0.2, 0) is 6.42 Å². The number of halogens is 1. The second-order valence-electron chi connectivity index (χ2n) is 4.64. The zero-order valence-electron chi connectivity index (χ0n) is 10.7. The molecule has 1 atom stereocenters. The minimum Gasteiger partial charge on any atom is -0.388 e. The molecule has 2 heterocycles. The first-order chi connectivity index (χ1) is 9.74. The van der Waals surface area contributed by atoms with E-state index in [0.29, 0.717) is 6.42 Å². The van der Waals surface area contributed by atoms with E-state index in [9.17, 15) is 5.11 Å². The highest BCUT2D eigenvalue weighted by molar-refractivity contribution is 9.10. The van der Waals surface area contributed by atoms with E-state index in [-0.39, 0.29) is 0 Å². The number of pyridine rings is 2. The minimum atomic E-state index is -0.578. The molecule has 100 valence electrons. The SMILES string of the molecule is OC(Cc1ccnc2ccccc12)c1cncc(Br)c1. The summed E-state index contributed by atoms with van der Waals surface area (Å²) in [7, 11) is 0. The average molecular weight is 329 g/mol. The van der Waals surface area contributed by atoms with Gasteiger partial charge in [-0.15, -0.1) is 0 Å². The highest BCUT2D eigenvalue weighted by Crippen LogP contribution is 2.24. The first-order valence-electron chi connectivity index (χ1n) is 6.35. The summed E-state index contributed by atoms with van der Waals surface area (Å²) in [4.78, 5) is 8.42. The van der Waals surface area contributed by atoms with Crippen LogP contribution < -0.4 is 0 Å². The predicted molar refractivity (Wildman–Crippen MR) is 82.3 cm³/mol. The van der Waals surface area contributed by atoms with Crippen LogP contribution in [0.5, 0.6) is 0 Å². The summed E-state index contributed by atoms with van der Waals surface area (Å²) in [5, 5.41) is 11.5. The lowest BCUT2D eigenvalue weighted by molar-refractivity contribution is 0.178. The predicted octanol–water partition coefficient (Wildman–Crippen LogP) is 3.67. The maximum atomic E-state index is 10.4. The van der Waals surface area contributed by atoms with Gasteiger partial charge in [0.1, 0.15) is 0 Å². The summed E-state index contributed by atoms with van der Waals surface area (Å²) in [5.74, 6) is 0. The number of fused-ring (bicyclic) bond motifs is 1. The largest absolute Gasteiger partial charge is 0.388 e. The smallest absolute Gasteiger partial charge is 0.0845 e. The number of para-hydroxylation sites is 1. The Morgan fingerprint density at radius 1 is 1.15 bits per heavy atom. The maximum absolute atomic E-state index is 10.4. The molecule has 1 N–H and O–H groups in total. The number of aromatic nitrogens is 2. The van der Waals surface area contributed by atoms with E-state index in [1.165, 1.54) is 0 Å². The van der Waals surface area contributed by atoms with Gasteiger partial charge in [0.05, 0.1) is 11.6 Å². The summed E-state index contributed by atoms with van der Waals surface area (Å²) < 4.78 is 0.869. The summed E-state index contributed by atoms with van der Waals surface area (Å²) in [6.07, 6.45) is 5.15. The lowest BCUT2D eigenvalue weighted by Crippen LogP contribution is -2.03. The molecule has 20 heavy (non-hydrogen) atoms. The molecule has 4 heteroatoms. The van der Waals surface area contributed by atoms with E-state index in [1.807, 2.05) is 36.4 Å². The molecule has 3 rings (SSSR count).